The molecular weight excluding hydrogens is 607 g/mol. The predicted molar refractivity (Wildman–Crippen MR) is 137 cm³/mol. The molecule has 6 atom stereocenters. The third-order valence-corrected chi connectivity index (χ3v) is 10.1. The first-order chi connectivity index (χ1) is 17.9. The van der Waals surface area contributed by atoms with Crippen molar-refractivity contribution < 1.29 is 38.9 Å². The highest BCUT2D eigenvalue weighted by molar-refractivity contribution is 9.09. The zero-order valence-electron chi connectivity index (χ0n) is 20.0. The first-order valence-electron chi connectivity index (χ1n) is 11.9. The number of imide groups is 2. The Kier molecular flexibility index (Phi) is 6.55. The zero-order valence-corrected chi connectivity index (χ0v) is 23.1. The molecule has 2 aliphatic carbocycles. The van der Waals surface area contributed by atoms with Gasteiger partial charge >= 0.3 is 5.97 Å². The van der Waals surface area contributed by atoms with E-state index < -0.39 is 69.4 Å². The fourth-order valence-corrected chi connectivity index (χ4v) is 7.90. The number of rotatable bonds is 6. The molecule has 1 saturated carbocycles. The van der Waals surface area contributed by atoms with Crippen molar-refractivity contribution in [3.8, 4) is 11.5 Å². The number of carboxylic acids is 1. The fraction of sp³-hybridized carbons (Fsp3) is 0.480. The normalized spacial score (nSPS) is 34.2. The Morgan fingerprint density at radius 3 is 2.45 bits per heavy atom. The number of benzene rings is 1. The SMILES string of the molecule is COc1ccc([C@H]2C3=CC[C@@H]4C(=O)N(CCC(=O)O)C(=O)[C@@H]4[C@@H]3C[C@@]3(Cl)C(=O)N(CBr)C(=O)[C@@]23Cl)c(O)c1. The van der Waals surface area contributed by atoms with Crippen LogP contribution < -0.4 is 4.74 Å². The van der Waals surface area contributed by atoms with Crippen molar-refractivity contribution in [2.75, 3.05) is 19.1 Å². The van der Waals surface area contributed by atoms with Crippen LogP contribution in [0.2, 0.25) is 0 Å². The lowest BCUT2D eigenvalue weighted by atomic mass is 9.56. The zero-order chi connectivity index (χ0) is 27.7. The second-order valence-corrected chi connectivity index (χ2v) is 11.6. The molecule has 2 saturated heterocycles. The summed E-state index contributed by atoms with van der Waals surface area (Å²) in [4.78, 5) is 62.9. The first-order valence-corrected chi connectivity index (χ1v) is 13.7. The molecule has 2 aliphatic heterocycles. The number of halogens is 3. The monoisotopic (exact) mass is 628 g/mol. The number of alkyl halides is 3. The Hall–Kier alpha value is -2.63. The van der Waals surface area contributed by atoms with Crippen LogP contribution in [0.15, 0.2) is 29.8 Å². The quantitative estimate of drug-likeness (QED) is 0.212. The molecule has 0 bridgehead atoms. The molecule has 0 spiro atoms. The summed E-state index contributed by atoms with van der Waals surface area (Å²) < 4.78 is 5.18. The van der Waals surface area contributed by atoms with Crippen LogP contribution in [0, 0.1) is 17.8 Å². The number of aliphatic carboxylic acids is 1. The Morgan fingerprint density at radius 1 is 1.13 bits per heavy atom. The summed E-state index contributed by atoms with van der Waals surface area (Å²) in [6.45, 7) is -0.273. The molecule has 2 heterocycles. The number of phenols is 1. The van der Waals surface area contributed by atoms with Crippen LogP contribution in [0.3, 0.4) is 0 Å². The summed E-state index contributed by atoms with van der Waals surface area (Å²) in [5.41, 5.74) is 0.583. The Balaban J connectivity index is 1.68. The minimum Gasteiger partial charge on any atom is -0.508 e. The lowest BCUT2D eigenvalue weighted by Gasteiger charge is -2.50. The van der Waals surface area contributed by atoms with Crippen LogP contribution >= 0.6 is 39.1 Å². The van der Waals surface area contributed by atoms with E-state index in [1.165, 1.54) is 19.2 Å². The van der Waals surface area contributed by atoms with E-state index in [9.17, 15) is 29.1 Å². The standard InChI is InChI=1S/C25H23BrCl2N2O8/c1-38-11-2-3-13(16(31)8-11)19-12-4-5-14-18(21(35)29(20(14)34)7-6-17(32)33)15(12)9-24(27)22(36)30(10-26)23(37)25(19,24)28/h2-4,8,14-15,18-19,31H,5-7,9-10H2,1H3,(H,32,33)/t14-,15+,18-,19+,24+,25-/m0/s1. The molecule has 0 radical (unpaired) electrons. The Morgan fingerprint density at radius 2 is 1.84 bits per heavy atom. The average molecular weight is 630 g/mol. The number of aromatic hydroxyl groups is 1. The third kappa shape index (κ3) is 3.47. The van der Waals surface area contributed by atoms with Gasteiger partial charge in [-0.25, -0.2) is 0 Å². The highest BCUT2D eigenvalue weighted by Gasteiger charge is 2.76. The van der Waals surface area contributed by atoms with Gasteiger partial charge in [0.25, 0.3) is 11.8 Å². The molecule has 5 rings (SSSR count). The van der Waals surface area contributed by atoms with Crippen molar-refractivity contribution in [2.45, 2.75) is 34.9 Å². The van der Waals surface area contributed by atoms with Gasteiger partial charge in [-0.2, -0.15) is 0 Å². The van der Waals surface area contributed by atoms with E-state index in [1.807, 2.05) is 0 Å². The van der Waals surface area contributed by atoms with Gasteiger partial charge < -0.3 is 14.9 Å². The van der Waals surface area contributed by atoms with Gasteiger partial charge in [0.15, 0.2) is 9.75 Å². The van der Waals surface area contributed by atoms with E-state index in [2.05, 4.69) is 15.9 Å². The van der Waals surface area contributed by atoms with Gasteiger partial charge in [-0.05, 0) is 24.8 Å². The summed E-state index contributed by atoms with van der Waals surface area (Å²) >= 11 is 17.3. The number of ether oxygens (including phenoxy) is 1. The number of fused-ring (bicyclic) bond motifs is 4. The molecule has 10 nitrogen and oxygen atoms in total. The van der Waals surface area contributed by atoms with E-state index in [1.54, 1.807) is 12.1 Å². The molecule has 3 fully saturated rings. The molecule has 202 valence electrons. The lowest BCUT2D eigenvalue weighted by molar-refractivity contribution is -0.143. The molecular formula is C25H23BrCl2N2O8. The average Bonchev–Trinajstić information content (AvgIpc) is 3.20. The molecule has 1 aromatic carbocycles. The number of methoxy groups -OCH3 is 1. The minimum absolute atomic E-state index is 0.143. The highest BCUT2D eigenvalue weighted by atomic mass is 79.9. The van der Waals surface area contributed by atoms with Gasteiger partial charge in [0.05, 0.1) is 30.8 Å². The number of carboxylic acid groups (broad SMARTS) is 1. The lowest BCUT2D eigenvalue weighted by Crippen LogP contribution is -2.60. The van der Waals surface area contributed by atoms with E-state index in [0.29, 0.717) is 11.3 Å². The number of carbonyl (C=O) groups is 5. The summed E-state index contributed by atoms with van der Waals surface area (Å²) in [5, 5.41) is 20.1. The topological polar surface area (TPSA) is 142 Å². The van der Waals surface area contributed by atoms with Crippen molar-refractivity contribution >= 4 is 68.7 Å². The number of allylic oxidation sites excluding steroid dienone is 2. The number of carbonyl (C=O) groups excluding carboxylic acids is 4. The van der Waals surface area contributed by atoms with Crippen LogP contribution in [0.25, 0.3) is 0 Å². The number of amides is 4. The van der Waals surface area contributed by atoms with Gasteiger partial charge in [-0.15, -0.1) is 23.2 Å². The smallest absolute Gasteiger partial charge is 0.305 e. The van der Waals surface area contributed by atoms with Gasteiger partial charge in [-0.1, -0.05) is 33.6 Å². The van der Waals surface area contributed by atoms with Gasteiger partial charge in [0.2, 0.25) is 11.8 Å². The van der Waals surface area contributed by atoms with E-state index in [-0.39, 0.29) is 36.2 Å². The number of hydrogen-bond donors (Lipinski definition) is 2. The van der Waals surface area contributed by atoms with Crippen molar-refractivity contribution in [1.82, 2.24) is 9.80 Å². The molecule has 0 aromatic heterocycles. The first kappa shape index (κ1) is 27.0. The van der Waals surface area contributed by atoms with E-state index in [4.69, 9.17) is 33.0 Å². The van der Waals surface area contributed by atoms with Crippen molar-refractivity contribution in [3.05, 3.63) is 35.4 Å². The Labute approximate surface area is 235 Å². The molecule has 0 unspecified atom stereocenters. The van der Waals surface area contributed by atoms with Crippen molar-refractivity contribution in [3.63, 3.8) is 0 Å². The predicted octanol–water partition coefficient (Wildman–Crippen LogP) is 2.59. The maximum Gasteiger partial charge on any atom is 0.305 e. The van der Waals surface area contributed by atoms with Gasteiger partial charge in [-0.3, -0.25) is 33.8 Å². The molecule has 1 aromatic rings. The van der Waals surface area contributed by atoms with Crippen LogP contribution in [-0.2, 0) is 24.0 Å². The van der Waals surface area contributed by atoms with E-state index >= 15 is 0 Å². The van der Waals surface area contributed by atoms with E-state index in [0.717, 1.165) is 9.80 Å². The molecule has 4 amide bonds. The second-order valence-electron chi connectivity index (χ2n) is 9.88. The van der Waals surface area contributed by atoms with Gasteiger partial charge in [0, 0.05) is 24.1 Å². The number of hydrogen-bond acceptors (Lipinski definition) is 7. The summed E-state index contributed by atoms with van der Waals surface area (Å²) in [6.07, 6.45) is 1.28. The van der Waals surface area contributed by atoms with Crippen molar-refractivity contribution in [1.29, 1.82) is 0 Å². The second kappa shape index (κ2) is 9.24. The summed E-state index contributed by atoms with van der Waals surface area (Å²) in [7, 11) is 1.42. The van der Waals surface area contributed by atoms with Gasteiger partial charge in [0.1, 0.15) is 11.5 Å². The van der Waals surface area contributed by atoms with Crippen LogP contribution in [-0.4, -0.2) is 78.5 Å². The van der Waals surface area contributed by atoms with Crippen LogP contribution in [0.5, 0.6) is 11.5 Å². The molecule has 38 heavy (non-hydrogen) atoms. The third-order valence-electron chi connectivity index (χ3n) is 8.20. The molecule has 13 heteroatoms. The molecule has 2 N–H and O–H groups in total. The largest absolute Gasteiger partial charge is 0.508 e. The number of likely N-dealkylation sites (tertiary alicyclic amines) is 2. The van der Waals surface area contributed by atoms with Crippen molar-refractivity contribution in [2.24, 2.45) is 17.8 Å². The minimum atomic E-state index is -2.03. The summed E-state index contributed by atoms with van der Waals surface area (Å²) in [6, 6.07) is 4.45. The highest BCUT2D eigenvalue weighted by Crippen LogP contribution is 2.66. The van der Waals surface area contributed by atoms with Crippen LogP contribution in [0.1, 0.15) is 30.7 Å². The number of phenolic OH excluding ortho intramolecular Hbond substituents is 1. The maximum absolute atomic E-state index is 13.7. The maximum atomic E-state index is 13.7. The summed E-state index contributed by atoms with van der Waals surface area (Å²) in [5.74, 6) is -7.12. The van der Waals surface area contributed by atoms with Crippen LogP contribution in [0.4, 0.5) is 0 Å². The Bertz CT molecular complexity index is 1320. The number of nitrogens with zero attached hydrogens (tertiary/aromatic N) is 2. The fourth-order valence-electron chi connectivity index (χ4n) is 6.49. The molecule has 4 aliphatic rings.